The van der Waals surface area contributed by atoms with E-state index in [0.717, 1.165) is 12.8 Å². The predicted molar refractivity (Wildman–Crippen MR) is 88.9 cm³/mol. The topological polar surface area (TPSA) is 89.3 Å². The maximum Gasteiger partial charge on any atom is 0.233 e. The fourth-order valence-corrected chi connectivity index (χ4v) is 5.09. The van der Waals surface area contributed by atoms with E-state index < -0.39 is 20.5 Å². The minimum Gasteiger partial charge on any atom is -0.392 e. The van der Waals surface area contributed by atoms with Crippen LogP contribution in [0.5, 0.6) is 0 Å². The van der Waals surface area contributed by atoms with Crippen molar-refractivity contribution in [2.75, 3.05) is 12.3 Å². The van der Waals surface area contributed by atoms with Crippen LogP contribution in [0.3, 0.4) is 0 Å². The second-order valence-corrected chi connectivity index (χ2v) is 8.63. The van der Waals surface area contributed by atoms with Crippen LogP contribution in [0.15, 0.2) is 0 Å². The zero-order valence-corrected chi connectivity index (χ0v) is 14.5. The van der Waals surface area contributed by atoms with Gasteiger partial charge in [-0.05, 0) is 25.7 Å². The van der Waals surface area contributed by atoms with Gasteiger partial charge in [-0.1, -0.05) is 38.9 Å². The van der Waals surface area contributed by atoms with Gasteiger partial charge in [0.05, 0.1) is 21.4 Å². The van der Waals surface area contributed by atoms with Crippen LogP contribution in [0.1, 0.15) is 52.4 Å². The van der Waals surface area contributed by atoms with E-state index in [1.807, 2.05) is 13.8 Å². The summed E-state index contributed by atoms with van der Waals surface area (Å²) < 4.78 is 23.6. The summed E-state index contributed by atoms with van der Waals surface area (Å²) in [6, 6.07) is 0. The molecule has 1 saturated heterocycles. The first-order chi connectivity index (χ1) is 9.80. The molecular weight excluding hydrogens is 308 g/mol. The van der Waals surface area contributed by atoms with Crippen LogP contribution in [0.4, 0.5) is 0 Å². The SMILES string of the molecule is CCCC(CCC)(C(=O)NCC1CCCS1(=O)=O)C(N)=S. The van der Waals surface area contributed by atoms with Gasteiger partial charge in [0.1, 0.15) is 0 Å². The lowest BCUT2D eigenvalue weighted by atomic mass is 9.78. The number of carbonyl (C=O) groups excluding carboxylic acids is 1. The molecule has 0 spiro atoms. The van der Waals surface area contributed by atoms with Gasteiger partial charge < -0.3 is 11.1 Å². The Labute approximate surface area is 133 Å². The van der Waals surface area contributed by atoms with E-state index in [2.05, 4.69) is 5.32 Å². The second-order valence-electron chi connectivity index (χ2n) is 5.79. The molecule has 0 aliphatic carbocycles. The first-order valence-electron chi connectivity index (χ1n) is 7.60. The molecule has 0 bridgehead atoms. The van der Waals surface area contributed by atoms with Crippen LogP contribution < -0.4 is 11.1 Å². The van der Waals surface area contributed by atoms with E-state index in [-0.39, 0.29) is 23.2 Å². The van der Waals surface area contributed by atoms with E-state index in [9.17, 15) is 13.2 Å². The van der Waals surface area contributed by atoms with Gasteiger partial charge in [0, 0.05) is 6.54 Å². The molecule has 1 fully saturated rings. The second kappa shape index (κ2) is 7.54. The summed E-state index contributed by atoms with van der Waals surface area (Å²) in [5.41, 5.74) is 4.99. The monoisotopic (exact) mass is 334 g/mol. The van der Waals surface area contributed by atoms with Crippen LogP contribution in [-0.2, 0) is 14.6 Å². The van der Waals surface area contributed by atoms with Gasteiger partial charge >= 0.3 is 0 Å². The summed E-state index contributed by atoms with van der Waals surface area (Å²) in [6.45, 7) is 4.13. The molecule has 3 N–H and O–H groups in total. The Bertz CT molecular complexity index is 482. The van der Waals surface area contributed by atoms with E-state index in [0.29, 0.717) is 25.7 Å². The number of nitrogens with one attached hydrogen (secondary N) is 1. The Kier molecular flexibility index (Phi) is 6.59. The molecule has 5 nitrogen and oxygen atoms in total. The predicted octanol–water partition coefficient (Wildman–Crippen LogP) is 1.55. The summed E-state index contributed by atoms with van der Waals surface area (Å²) in [7, 11) is -3.05. The summed E-state index contributed by atoms with van der Waals surface area (Å²) in [5, 5.41) is 2.32. The summed E-state index contributed by atoms with van der Waals surface area (Å²) in [4.78, 5) is 12.8. The molecule has 1 aliphatic rings. The zero-order valence-electron chi connectivity index (χ0n) is 12.9. The molecule has 1 atom stereocenters. The molecule has 0 radical (unpaired) electrons. The van der Waals surface area contributed by atoms with Crippen molar-refractivity contribution in [2.24, 2.45) is 11.1 Å². The number of hydrogen-bond acceptors (Lipinski definition) is 4. The average molecular weight is 335 g/mol. The van der Waals surface area contributed by atoms with Crippen LogP contribution in [0, 0.1) is 5.41 Å². The highest BCUT2D eigenvalue weighted by Gasteiger charge is 2.40. The molecule has 1 unspecified atom stereocenters. The third-order valence-electron chi connectivity index (χ3n) is 4.21. The molecule has 1 amide bonds. The van der Waals surface area contributed by atoms with Gasteiger partial charge in [0.2, 0.25) is 5.91 Å². The number of carbonyl (C=O) groups is 1. The number of nitrogens with two attached hydrogens (primary N) is 1. The fraction of sp³-hybridized carbons (Fsp3) is 0.857. The first kappa shape index (κ1) is 18.4. The fourth-order valence-electron chi connectivity index (χ4n) is 3.03. The third-order valence-corrected chi connectivity index (χ3v) is 6.88. The summed E-state index contributed by atoms with van der Waals surface area (Å²) >= 11 is 5.13. The van der Waals surface area contributed by atoms with E-state index >= 15 is 0 Å². The Balaban J connectivity index is 2.79. The smallest absolute Gasteiger partial charge is 0.233 e. The van der Waals surface area contributed by atoms with Crippen molar-refractivity contribution in [1.82, 2.24) is 5.32 Å². The summed E-state index contributed by atoms with van der Waals surface area (Å²) in [6.07, 6.45) is 4.08. The molecule has 0 saturated carbocycles. The van der Waals surface area contributed by atoms with Crippen molar-refractivity contribution in [3.05, 3.63) is 0 Å². The molecule has 21 heavy (non-hydrogen) atoms. The largest absolute Gasteiger partial charge is 0.392 e. The van der Waals surface area contributed by atoms with Gasteiger partial charge in [-0.15, -0.1) is 0 Å². The van der Waals surface area contributed by atoms with E-state index in [4.69, 9.17) is 18.0 Å². The molecule has 1 rings (SSSR count). The number of hydrogen-bond donors (Lipinski definition) is 2. The Morgan fingerprint density at radius 1 is 1.33 bits per heavy atom. The number of thiocarbonyl (C=S) groups is 1. The lowest BCUT2D eigenvalue weighted by Crippen LogP contribution is -2.50. The molecular formula is C14H26N2O3S2. The Morgan fingerprint density at radius 2 is 1.90 bits per heavy atom. The quantitative estimate of drug-likeness (QED) is 0.658. The Morgan fingerprint density at radius 3 is 2.29 bits per heavy atom. The van der Waals surface area contributed by atoms with Gasteiger partial charge in [-0.25, -0.2) is 8.42 Å². The van der Waals surface area contributed by atoms with Crippen LogP contribution >= 0.6 is 12.2 Å². The molecule has 0 aromatic heterocycles. The third kappa shape index (κ3) is 4.16. The van der Waals surface area contributed by atoms with Crippen molar-refractivity contribution >= 4 is 33.0 Å². The van der Waals surface area contributed by atoms with E-state index in [1.165, 1.54) is 0 Å². The maximum atomic E-state index is 12.6. The van der Waals surface area contributed by atoms with Crippen molar-refractivity contribution < 1.29 is 13.2 Å². The minimum absolute atomic E-state index is 0.166. The molecule has 0 aromatic carbocycles. The summed E-state index contributed by atoms with van der Waals surface area (Å²) in [5.74, 6) is -0.00134. The number of rotatable bonds is 8. The van der Waals surface area contributed by atoms with Gasteiger partial charge in [-0.3, -0.25) is 4.79 Å². The highest BCUT2D eigenvalue weighted by molar-refractivity contribution is 7.92. The van der Waals surface area contributed by atoms with Crippen molar-refractivity contribution in [2.45, 2.75) is 57.6 Å². The van der Waals surface area contributed by atoms with Crippen molar-refractivity contribution in [3.8, 4) is 0 Å². The molecule has 1 heterocycles. The van der Waals surface area contributed by atoms with Crippen LogP contribution in [0.2, 0.25) is 0 Å². The highest BCUT2D eigenvalue weighted by Crippen LogP contribution is 2.31. The standard InChI is InChI=1S/C14H26N2O3S2/c1-3-7-14(8-4-2,12(15)20)13(17)16-10-11-6-5-9-21(11,18)19/h11H,3-10H2,1-2H3,(H2,15,20)(H,16,17). The molecule has 122 valence electrons. The minimum atomic E-state index is -3.05. The van der Waals surface area contributed by atoms with E-state index in [1.54, 1.807) is 0 Å². The normalized spacial score (nSPS) is 21.1. The maximum absolute atomic E-state index is 12.6. The zero-order chi connectivity index (χ0) is 16.1. The molecule has 0 aromatic rings. The lowest BCUT2D eigenvalue weighted by molar-refractivity contribution is -0.128. The van der Waals surface area contributed by atoms with Gasteiger partial charge in [0.15, 0.2) is 9.84 Å². The first-order valence-corrected chi connectivity index (χ1v) is 9.72. The Hall–Kier alpha value is -0.690. The van der Waals surface area contributed by atoms with Crippen LogP contribution in [-0.4, -0.2) is 36.9 Å². The lowest BCUT2D eigenvalue weighted by Gasteiger charge is -2.31. The number of sulfone groups is 1. The van der Waals surface area contributed by atoms with Gasteiger partial charge in [-0.2, -0.15) is 0 Å². The number of amides is 1. The van der Waals surface area contributed by atoms with Gasteiger partial charge in [0.25, 0.3) is 0 Å². The van der Waals surface area contributed by atoms with Crippen molar-refractivity contribution in [1.29, 1.82) is 0 Å². The van der Waals surface area contributed by atoms with Crippen LogP contribution in [0.25, 0.3) is 0 Å². The molecule has 1 aliphatic heterocycles. The average Bonchev–Trinajstić information content (AvgIpc) is 2.74. The molecule has 7 heteroatoms. The van der Waals surface area contributed by atoms with Crippen molar-refractivity contribution in [3.63, 3.8) is 0 Å². The highest BCUT2D eigenvalue weighted by atomic mass is 32.2.